The van der Waals surface area contributed by atoms with Crippen LogP contribution >= 0.6 is 0 Å². The van der Waals surface area contributed by atoms with Crippen LogP contribution < -0.4 is 16.8 Å². The number of rotatable bonds is 21. The highest BCUT2D eigenvalue weighted by Gasteiger charge is 2.40. The Balaban J connectivity index is 3.86. The van der Waals surface area contributed by atoms with Gasteiger partial charge in [0, 0.05) is 36.8 Å². The van der Waals surface area contributed by atoms with Crippen molar-refractivity contribution in [3.63, 3.8) is 0 Å². The van der Waals surface area contributed by atoms with Crippen LogP contribution in [0.4, 0.5) is 5.69 Å². The van der Waals surface area contributed by atoms with E-state index in [1.807, 2.05) is 0 Å². The van der Waals surface area contributed by atoms with Gasteiger partial charge in [0.15, 0.2) is 0 Å². The van der Waals surface area contributed by atoms with Crippen LogP contribution in [0, 0.1) is 0 Å². The summed E-state index contributed by atoms with van der Waals surface area (Å²) in [7, 11) is 0. The van der Waals surface area contributed by atoms with Gasteiger partial charge in [-0.3, -0.25) is 43.4 Å². The maximum absolute atomic E-state index is 12.0. The molecule has 0 aromatic heterocycles. The second-order valence-corrected chi connectivity index (χ2v) is 10.6. The lowest BCUT2D eigenvalue weighted by atomic mass is 9.77. The Morgan fingerprint density at radius 3 is 1.20 bits per heavy atom. The number of carboxylic acids is 6. The molecule has 45 heavy (non-hydrogen) atoms. The maximum Gasteiger partial charge on any atom is 0.317 e. The van der Waals surface area contributed by atoms with Crippen LogP contribution in [0.2, 0.25) is 0 Å². The van der Waals surface area contributed by atoms with Crippen LogP contribution in [0.1, 0.15) is 43.7 Å². The van der Waals surface area contributed by atoms with Crippen molar-refractivity contribution in [2.75, 3.05) is 44.6 Å². The van der Waals surface area contributed by atoms with Crippen molar-refractivity contribution in [2.24, 2.45) is 11.5 Å². The fourth-order valence-electron chi connectivity index (χ4n) is 4.75. The van der Waals surface area contributed by atoms with Crippen molar-refractivity contribution in [3.8, 4) is 5.75 Å². The largest absolute Gasteiger partial charge is 0.507 e. The zero-order valence-corrected chi connectivity index (χ0v) is 24.3. The number of carboxylic acid groups (broad SMARTS) is 6. The van der Waals surface area contributed by atoms with E-state index in [2.05, 4.69) is 5.32 Å². The van der Waals surface area contributed by atoms with E-state index in [-0.39, 0.29) is 16.8 Å². The minimum absolute atomic E-state index is 0.119. The molecule has 0 saturated heterocycles. The molecule has 0 heterocycles. The number of aromatic hydroxyl groups is 1. The highest BCUT2D eigenvalue weighted by molar-refractivity contribution is 5.89. The van der Waals surface area contributed by atoms with Crippen molar-refractivity contribution in [3.05, 3.63) is 23.3 Å². The van der Waals surface area contributed by atoms with Gasteiger partial charge in [0.2, 0.25) is 5.91 Å². The van der Waals surface area contributed by atoms with E-state index >= 15 is 0 Å². The number of amides is 1. The molecule has 12 N–H and O–H groups in total. The summed E-state index contributed by atoms with van der Waals surface area (Å²) >= 11 is 0. The van der Waals surface area contributed by atoms with Gasteiger partial charge < -0.3 is 52.5 Å². The number of nitrogens with one attached hydrogen (secondary N) is 1. The Labute approximate surface area is 255 Å². The normalized spacial score (nSPS) is 13.9. The number of phenols is 1. The first-order valence-corrected chi connectivity index (χ1v) is 13.2. The second kappa shape index (κ2) is 16.3. The first-order chi connectivity index (χ1) is 20.7. The minimum Gasteiger partial charge on any atom is -0.507 e. The van der Waals surface area contributed by atoms with Crippen molar-refractivity contribution in [1.29, 1.82) is 0 Å². The van der Waals surface area contributed by atoms with Gasteiger partial charge in [-0.15, -0.1) is 0 Å². The van der Waals surface area contributed by atoms with Crippen LogP contribution in [0.5, 0.6) is 5.75 Å². The lowest BCUT2D eigenvalue weighted by Crippen LogP contribution is -2.46. The number of aliphatic carboxylic acids is 6. The van der Waals surface area contributed by atoms with E-state index in [0.29, 0.717) is 0 Å². The van der Waals surface area contributed by atoms with Crippen LogP contribution in [0.15, 0.2) is 12.1 Å². The van der Waals surface area contributed by atoms with E-state index in [0.717, 1.165) is 28.9 Å². The van der Waals surface area contributed by atoms with E-state index < -0.39 is 124 Å². The van der Waals surface area contributed by atoms with Gasteiger partial charge in [-0.05, 0) is 25.0 Å². The Kier molecular flexibility index (Phi) is 13.8. The third-order valence-electron chi connectivity index (χ3n) is 6.62. The Morgan fingerprint density at radius 2 is 0.956 bits per heavy atom. The Morgan fingerprint density at radius 1 is 0.644 bits per heavy atom. The smallest absolute Gasteiger partial charge is 0.317 e. The van der Waals surface area contributed by atoms with Gasteiger partial charge >= 0.3 is 35.8 Å². The molecule has 0 aliphatic rings. The summed E-state index contributed by atoms with van der Waals surface area (Å²) in [4.78, 5) is 82.7. The third kappa shape index (κ3) is 12.7. The fraction of sp³-hybridized carbons (Fsp3) is 0.500. The molecule has 250 valence electrons. The number of hydrogen-bond acceptors (Lipinski definition) is 12. The van der Waals surface area contributed by atoms with Gasteiger partial charge in [-0.25, -0.2) is 0 Å². The monoisotopic (exact) mass is 643 g/mol. The van der Waals surface area contributed by atoms with Gasteiger partial charge in [-0.2, -0.15) is 0 Å². The lowest BCUT2D eigenvalue weighted by Gasteiger charge is -2.36. The average Bonchev–Trinajstić information content (AvgIpc) is 2.84. The van der Waals surface area contributed by atoms with Crippen LogP contribution in [-0.2, 0) is 44.6 Å². The Bertz CT molecular complexity index is 1200. The fourth-order valence-corrected chi connectivity index (χ4v) is 4.75. The molecule has 1 aromatic rings. The first kappa shape index (κ1) is 38.2. The quantitative estimate of drug-likeness (QED) is 0.0669. The molecule has 2 unspecified atom stereocenters. The molecule has 1 aromatic carbocycles. The summed E-state index contributed by atoms with van der Waals surface area (Å²) in [5, 5.41) is 69.9. The SMILES string of the molecule is CC(=O)Nc1cc(C(N)(CCN(CC(=O)O)CC(=O)O)CC(=O)O)c(O)c(C(N)(CCN(CC(=O)O)CC(=O)O)CC(=O)O)c1. The maximum atomic E-state index is 12.0. The van der Waals surface area contributed by atoms with Crippen LogP contribution in [0.3, 0.4) is 0 Å². The molecule has 19 heteroatoms. The van der Waals surface area contributed by atoms with Crippen molar-refractivity contribution in [1.82, 2.24) is 9.80 Å². The molecule has 0 fully saturated rings. The summed E-state index contributed by atoms with van der Waals surface area (Å²) in [6.45, 7) is -2.72. The number of carbonyl (C=O) groups is 7. The second-order valence-electron chi connectivity index (χ2n) is 10.6. The molecule has 0 bridgehead atoms. The first-order valence-electron chi connectivity index (χ1n) is 13.2. The average molecular weight is 644 g/mol. The highest BCUT2D eigenvalue weighted by Crippen LogP contribution is 2.43. The Hall–Kier alpha value is -4.85. The predicted octanol–water partition coefficient (Wildman–Crippen LogP) is -1.67. The molecule has 0 aliphatic carbocycles. The molecule has 19 nitrogen and oxygen atoms in total. The molecule has 0 aliphatic heterocycles. The molecule has 0 spiro atoms. The number of nitrogens with zero attached hydrogens (tertiary/aromatic N) is 2. The zero-order chi connectivity index (χ0) is 34.7. The molecule has 0 radical (unpaired) electrons. The van der Waals surface area contributed by atoms with Gasteiger partial charge in [0.1, 0.15) is 5.75 Å². The topological polar surface area (TPSA) is 332 Å². The number of phenolic OH excluding ortho intramolecular Hbond substituents is 1. The van der Waals surface area contributed by atoms with Crippen LogP contribution in [-0.4, -0.2) is 127 Å². The number of carbonyl (C=O) groups excluding carboxylic acids is 1. The molecule has 1 rings (SSSR count). The molecule has 0 saturated carbocycles. The summed E-state index contributed by atoms with van der Waals surface area (Å²) < 4.78 is 0. The number of benzene rings is 1. The van der Waals surface area contributed by atoms with E-state index in [4.69, 9.17) is 31.9 Å². The van der Waals surface area contributed by atoms with Gasteiger partial charge in [0.05, 0.1) is 50.1 Å². The van der Waals surface area contributed by atoms with E-state index in [9.17, 15) is 48.9 Å². The minimum atomic E-state index is -2.09. The standard InChI is InChI=1S/C26H37N5O14/c1-14(32)29-15-6-16(25(27,8-18(33)34)2-4-30(10-20(37)38)11-21(39)40)24(45)17(7-15)26(28,9-19(35)36)3-5-31(12-22(41)42)13-23(43)44/h6-7,45H,2-5,8-13,27-28H2,1H3,(H,29,32)(H,33,34)(H,35,36)(H,37,38)(H,39,40)(H,41,42)(H,43,44). The molecule has 2 atom stereocenters. The summed E-state index contributed by atoms with van der Waals surface area (Å²) in [6, 6.07) is 2.20. The molecule has 1 amide bonds. The molecular formula is C26H37N5O14. The van der Waals surface area contributed by atoms with Crippen molar-refractivity contribution >= 4 is 47.4 Å². The highest BCUT2D eigenvalue weighted by atomic mass is 16.4. The van der Waals surface area contributed by atoms with Gasteiger partial charge in [0.25, 0.3) is 0 Å². The van der Waals surface area contributed by atoms with Crippen molar-refractivity contribution in [2.45, 2.75) is 43.7 Å². The van der Waals surface area contributed by atoms with E-state index in [1.54, 1.807) is 0 Å². The number of nitrogens with two attached hydrogens (primary N) is 2. The lowest BCUT2D eigenvalue weighted by molar-refractivity contribution is -0.144. The van der Waals surface area contributed by atoms with Crippen LogP contribution in [0.25, 0.3) is 0 Å². The van der Waals surface area contributed by atoms with Gasteiger partial charge in [-0.1, -0.05) is 0 Å². The summed E-state index contributed by atoms with van der Waals surface area (Å²) in [6.07, 6.45) is -2.76. The van der Waals surface area contributed by atoms with E-state index in [1.165, 1.54) is 0 Å². The number of anilines is 1. The molecular weight excluding hydrogens is 606 g/mol. The predicted molar refractivity (Wildman–Crippen MR) is 151 cm³/mol. The zero-order valence-electron chi connectivity index (χ0n) is 24.3. The van der Waals surface area contributed by atoms with Crippen molar-refractivity contribution < 1.29 is 69.3 Å². The number of hydrogen-bond donors (Lipinski definition) is 10. The summed E-state index contributed by atoms with van der Waals surface area (Å²) in [5.74, 6) is -10.0. The third-order valence-corrected chi connectivity index (χ3v) is 6.62. The summed E-state index contributed by atoms with van der Waals surface area (Å²) in [5.41, 5.74) is 7.98.